The number of aliphatic imine (C=N–C) groups is 1. The Hall–Kier alpha value is -4.37. The first-order chi connectivity index (χ1) is 22.2. The normalized spacial score (nSPS) is 21.7. The van der Waals surface area contributed by atoms with Gasteiger partial charge in [0.05, 0.1) is 12.6 Å². The summed E-state index contributed by atoms with van der Waals surface area (Å²) in [4.78, 5) is 30.7. The van der Waals surface area contributed by atoms with E-state index >= 15 is 0 Å². The van der Waals surface area contributed by atoms with Gasteiger partial charge >= 0.3 is 5.97 Å². The molecule has 3 aromatic rings. The Morgan fingerprint density at radius 1 is 1.15 bits per heavy atom. The molecule has 1 heterocycles. The Kier molecular flexibility index (Phi) is 11.0. The van der Waals surface area contributed by atoms with Crippen LogP contribution in [0, 0.1) is 17.8 Å². The maximum atomic E-state index is 12.0. The van der Waals surface area contributed by atoms with Crippen LogP contribution in [0.5, 0.6) is 0 Å². The number of hydrogen-bond acceptors (Lipinski definition) is 5. The lowest BCUT2D eigenvalue weighted by atomic mass is 9.58. The van der Waals surface area contributed by atoms with Crippen molar-refractivity contribution in [3.63, 3.8) is 0 Å². The zero-order valence-electron chi connectivity index (χ0n) is 26.7. The number of carbonyl (C=O) groups excluding carboxylic acids is 1. The maximum absolute atomic E-state index is 12.0. The maximum Gasteiger partial charge on any atom is 0.328 e. The molecule has 2 aliphatic rings. The third kappa shape index (κ3) is 8.07. The number of H-pyrrole nitrogens is 1. The molecule has 0 amide bonds. The van der Waals surface area contributed by atoms with Gasteiger partial charge in [0, 0.05) is 24.7 Å². The van der Waals surface area contributed by atoms with Crippen LogP contribution >= 0.6 is 0 Å². The predicted molar refractivity (Wildman–Crippen MR) is 186 cm³/mol. The number of fused-ring (bicyclic) bond motifs is 5. The van der Waals surface area contributed by atoms with Crippen molar-refractivity contribution in [2.75, 3.05) is 11.9 Å². The molecule has 9 N–H and O–H groups in total. The third-order valence-electron chi connectivity index (χ3n) is 9.81. The number of nitrogens with one attached hydrogen (secondary N) is 2. The lowest BCUT2D eigenvalue weighted by Gasteiger charge is -2.47. The molecule has 0 radical (unpaired) electrons. The molecule has 244 valence electrons. The molecule has 0 aliphatic heterocycles. The number of hydrogen-bond donors (Lipinski definition) is 6. The summed E-state index contributed by atoms with van der Waals surface area (Å²) in [6.45, 7) is 2.28. The van der Waals surface area contributed by atoms with E-state index in [4.69, 9.17) is 17.2 Å². The number of carboxylic acid groups (broad SMARTS) is 1. The number of nitrogens with two attached hydrogens (primary N) is 3. The molecular weight excluding hydrogens is 576 g/mol. The minimum absolute atomic E-state index is 0.0818. The first kappa shape index (κ1) is 33.0. The SMILES string of the molecule is CCCCC(N)CCC1C=CC2Cc3cc4ccc(CC=O)cc4cc3C1C2CC(Nc1ccc[nH]1)C(=CC(=O)O)CN=C(N)N. The van der Waals surface area contributed by atoms with Crippen LogP contribution in [-0.4, -0.2) is 46.9 Å². The minimum Gasteiger partial charge on any atom is -0.478 e. The van der Waals surface area contributed by atoms with Crippen LogP contribution in [0.4, 0.5) is 5.82 Å². The first-order valence-electron chi connectivity index (χ1n) is 16.6. The highest BCUT2D eigenvalue weighted by molar-refractivity contribution is 5.86. The molecular formula is C37H48N6O3. The number of rotatable bonds is 16. The average Bonchev–Trinajstić information content (AvgIpc) is 3.54. The van der Waals surface area contributed by atoms with Gasteiger partial charge in [0.1, 0.15) is 12.1 Å². The molecule has 46 heavy (non-hydrogen) atoms. The summed E-state index contributed by atoms with van der Waals surface area (Å²) in [5, 5.41) is 15.7. The molecule has 2 aliphatic carbocycles. The lowest BCUT2D eigenvalue weighted by Crippen LogP contribution is -2.40. The molecule has 2 aromatic carbocycles. The fourth-order valence-electron chi connectivity index (χ4n) is 7.58. The van der Waals surface area contributed by atoms with Gasteiger partial charge in [-0.1, -0.05) is 62.2 Å². The topological polar surface area (TPSA) is 173 Å². The van der Waals surface area contributed by atoms with Crippen LogP contribution in [0.15, 0.2) is 77.5 Å². The van der Waals surface area contributed by atoms with E-state index in [1.807, 2.05) is 24.4 Å². The van der Waals surface area contributed by atoms with Crippen molar-refractivity contribution >= 4 is 34.8 Å². The van der Waals surface area contributed by atoms with Crippen LogP contribution in [0.3, 0.4) is 0 Å². The number of aliphatic carboxylic acids is 1. The highest BCUT2D eigenvalue weighted by Gasteiger charge is 2.43. The van der Waals surface area contributed by atoms with Crippen molar-refractivity contribution in [1.29, 1.82) is 0 Å². The van der Waals surface area contributed by atoms with E-state index in [-0.39, 0.29) is 42.3 Å². The van der Waals surface area contributed by atoms with Crippen LogP contribution in [0.25, 0.3) is 10.8 Å². The van der Waals surface area contributed by atoms with Gasteiger partial charge in [-0.3, -0.25) is 0 Å². The van der Waals surface area contributed by atoms with Gasteiger partial charge in [0.15, 0.2) is 5.96 Å². The van der Waals surface area contributed by atoms with Crippen molar-refractivity contribution in [2.45, 2.75) is 76.3 Å². The quantitative estimate of drug-likeness (QED) is 0.0406. The third-order valence-corrected chi connectivity index (χ3v) is 9.81. The number of benzene rings is 2. The van der Waals surface area contributed by atoms with E-state index in [2.05, 4.69) is 58.6 Å². The number of aldehydes is 1. The molecule has 0 spiro atoms. The monoisotopic (exact) mass is 624 g/mol. The average molecular weight is 625 g/mol. The fraction of sp³-hybridized carbons (Fsp3) is 0.432. The number of anilines is 1. The second kappa shape index (κ2) is 15.3. The van der Waals surface area contributed by atoms with E-state index in [1.165, 1.54) is 22.6 Å². The summed E-state index contributed by atoms with van der Waals surface area (Å²) in [7, 11) is 0. The second-order valence-electron chi connectivity index (χ2n) is 13.0. The van der Waals surface area contributed by atoms with E-state index in [0.717, 1.165) is 61.6 Å². The Balaban J connectivity index is 1.56. The summed E-state index contributed by atoms with van der Waals surface area (Å²) in [6.07, 6.45) is 16.1. The van der Waals surface area contributed by atoms with E-state index < -0.39 is 5.97 Å². The van der Waals surface area contributed by atoms with Crippen molar-refractivity contribution in [2.24, 2.45) is 39.9 Å². The van der Waals surface area contributed by atoms with Gasteiger partial charge in [-0.25, -0.2) is 9.79 Å². The predicted octanol–water partition coefficient (Wildman–Crippen LogP) is 5.42. The first-order valence-corrected chi connectivity index (χ1v) is 16.6. The van der Waals surface area contributed by atoms with Crippen molar-refractivity contribution in [3.8, 4) is 0 Å². The zero-order chi connectivity index (χ0) is 32.6. The fourth-order valence-corrected chi connectivity index (χ4v) is 7.58. The van der Waals surface area contributed by atoms with E-state index in [9.17, 15) is 14.7 Å². The second-order valence-corrected chi connectivity index (χ2v) is 13.0. The van der Waals surface area contributed by atoms with Crippen LogP contribution in [-0.2, 0) is 22.4 Å². The summed E-state index contributed by atoms with van der Waals surface area (Å²) in [5.74, 6) is 0.712. The number of unbranched alkanes of at least 4 members (excludes halogenated alkanes) is 1. The number of aromatic nitrogens is 1. The summed E-state index contributed by atoms with van der Waals surface area (Å²) < 4.78 is 0. The zero-order valence-corrected chi connectivity index (χ0v) is 26.7. The lowest BCUT2D eigenvalue weighted by molar-refractivity contribution is -0.131. The van der Waals surface area contributed by atoms with Crippen LogP contribution < -0.4 is 22.5 Å². The van der Waals surface area contributed by atoms with Gasteiger partial charge in [-0.15, -0.1) is 0 Å². The Labute approximate surface area is 271 Å². The number of aromatic amines is 1. The van der Waals surface area contributed by atoms with Crippen LogP contribution in [0.2, 0.25) is 0 Å². The summed E-state index contributed by atoms with van der Waals surface area (Å²) >= 11 is 0. The largest absolute Gasteiger partial charge is 0.478 e. The molecule has 9 nitrogen and oxygen atoms in total. The van der Waals surface area contributed by atoms with E-state index in [0.29, 0.717) is 24.3 Å². The Bertz CT molecular complexity index is 1590. The van der Waals surface area contributed by atoms with Crippen molar-refractivity contribution < 1.29 is 14.7 Å². The van der Waals surface area contributed by atoms with Gasteiger partial charge in [0.2, 0.25) is 0 Å². The number of nitrogens with zero attached hydrogens (tertiary/aromatic N) is 1. The van der Waals surface area contributed by atoms with Crippen molar-refractivity contribution in [1.82, 2.24) is 4.98 Å². The Morgan fingerprint density at radius 2 is 2.00 bits per heavy atom. The molecule has 2 bridgehead atoms. The molecule has 1 aromatic heterocycles. The highest BCUT2D eigenvalue weighted by atomic mass is 16.4. The van der Waals surface area contributed by atoms with Crippen molar-refractivity contribution in [3.05, 3.63) is 89.2 Å². The number of carbonyl (C=O) groups is 2. The van der Waals surface area contributed by atoms with E-state index in [1.54, 1.807) is 0 Å². The molecule has 9 heteroatoms. The minimum atomic E-state index is -1.04. The smallest absolute Gasteiger partial charge is 0.328 e. The van der Waals surface area contributed by atoms with Gasteiger partial charge in [0.25, 0.3) is 0 Å². The summed E-state index contributed by atoms with van der Waals surface area (Å²) in [5.41, 5.74) is 22.3. The molecule has 6 atom stereocenters. The molecule has 6 unspecified atom stereocenters. The highest BCUT2D eigenvalue weighted by Crippen LogP contribution is 2.52. The van der Waals surface area contributed by atoms with Gasteiger partial charge < -0.3 is 37.4 Å². The molecule has 0 saturated heterocycles. The molecule has 0 saturated carbocycles. The number of carboxylic acids is 1. The van der Waals surface area contributed by atoms with Crippen LogP contribution in [0.1, 0.15) is 68.1 Å². The van der Waals surface area contributed by atoms with Gasteiger partial charge in [-0.05, 0) is 101 Å². The van der Waals surface area contributed by atoms with Gasteiger partial charge in [-0.2, -0.15) is 0 Å². The Morgan fingerprint density at radius 3 is 2.72 bits per heavy atom. The number of guanidine groups is 1. The summed E-state index contributed by atoms with van der Waals surface area (Å²) in [6, 6.07) is 14.7. The molecule has 5 rings (SSSR count). The number of allylic oxidation sites excluding steroid dienone is 2. The standard InChI is InChI=1S/C37H48N6O3/c1-2-3-5-30(38)12-11-24-9-10-26-18-28-17-25-8-7-23(13-15-44)16-27(25)19-31(28)36(24)32(26)21-33(43-34-6-4-14-41-34)29(20-35(45)46)22-42-37(39)40/h4,6-10,14-17,19-20,24,26,30,32-33,36,41,43H,2-3,5,11-13,18,21-22,38H2,1H3,(H,45,46)(H4,39,40,42). The molecule has 0 fully saturated rings.